The Morgan fingerprint density at radius 3 is 2.50 bits per heavy atom. The van der Waals surface area contributed by atoms with Crippen LogP contribution in [0.4, 0.5) is 17.1 Å². The molecule has 2 N–H and O–H groups in total. The topological polar surface area (TPSA) is 96.7 Å². The van der Waals surface area contributed by atoms with Crippen molar-refractivity contribution in [3.8, 4) is 0 Å². The molecule has 0 unspecified atom stereocenters. The van der Waals surface area contributed by atoms with Gasteiger partial charge in [-0.2, -0.15) is 0 Å². The zero-order valence-corrected chi connectivity index (χ0v) is 17.1. The number of amides is 1. The van der Waals surface area contributed by atoms with Gasteiger partial charge >= 0.3 is 0 Å². The fourth-order valence-electron chi connectivity index (χ4n) is 2.76. The van der Waals surface area contributed by atoms with Gasteiger partial charge in [0.25, 0.3) is 11.6 Å². The van der Waals surface area contributed by atoms with Gasteiger partial charge in [0, 0.05) is 34.9 Å². The summed E-state index contributed by atoms with van der Waals surface area (Å²) in [5.41, 5.74) is 1.36. The van der Waals surface area contributed by atoms with Crippen LogP contribution in [0.25, 0.3) is 0 Å². The normalized spacial score (nSPS) is 13.7. The third kappa shape index (κ3) is 5.03. The molecule has 3 rings (SSSR count). The number of ether oxygens (including phenoxy) is 1. The zero-order chi connectivity index (χ0) is 20.1. The first kappa shape index (κ1) is 20.2. The van der Waals surface area contributed by atoms with E-state index in [0.717, 1.165) is 4.47 Å². The quantitative estimate of drug-likeness (QED) is 0.406. The lowest BCUT2D eigenvalue weighted by molar-refractivity contribution is -0.384. The van der Waals surface area contributed by atoms with E-state index in [2.05, 4.69) is 26.6 Å². The highest BCUT2D eigenvalue weighted by Crippen LogP contribution is 2.31. The molecule has 0 atom stereocenters. The number of benzene rings is 2. The molecule has 0 bridgehead atoms. The predicted octanol–water partition coefficient (Wildman–Crippen LogP) is 3.32. The summed E-state index contributed by atoms with van der Waals surface area (Å²) in [6.07, 6.45) is 0. The third-order valence-electron chi connectivity index (χ3n) is 4.12. The van der Waals surface area contributed by atoms with Gasteiger partial charge in [-0.1, -0.05) is 15.9 Å². The van der Waals surface area contributed by atoms with Crippen molar-refractivity contribution in [1.29, 1.82) is 0 Å². The van der Waals surface area contributed by atoms with Crippen LogP contribution in [0.1, 0.15) is 10.4 Å². The van der Waals surface area contributed by atoms with Crippen LogP contribution >= 0.6 is 28.1 Å². The maximum Gasteiger partial charge on any atom is 0.294 e. The number of morpholine rings is 1. The van der Waals surface area contributed by atoms with Gasteiger partial charge in [-0.05, 0) is 48.6 Å². The van der Waals surface area contributed by atoms with Crippen molar-refractivity contribution in [2.75, 3.05) is 36.5 Å². The van der Waals surface area contributed by atoms with Gasteiger partial charge in [0.05, 0.1) is 18.1 Å². The predicted molar refractivity (Wildman–Crippen MR) is 114 cm³/mol. The summed E-state index contributed by atoms with van der Waals surface area (Å²) >= 11 is 8.46. The highest BCUT2D eigenvalue weighted by Gasteiger charge is 2.22. The monoisotopic (exact) mass is 464 g/mol. The molecule has 2 aromatic carbocycles. The van der Waals surface area contributed by atoms with E-state index in [-0.39, 0.29) is 16.7 Å². The number of hydrogen-bond acceptors (Lipinski definition) is 6. The summed E-state index contributed by atoms with van der Waals surface area (Å²) in [6.45, 7) is 2.25. The Balaban J connectivity index is 1.70. The number of hydrogen-bond donors (Lipinski definition) is 2. The number of anilines is 2. The lowest BCUT2D eigenvalue weighted by Gasteiger charge is -2.28. The van der Waals surface area contributed by atoms with Gasteiger partial charge in [-0.3, -0.25) is 20.2 Å². The standard InChI is InChI=1S/C18H17BrN4O4S/c19-13-3-1-12(2-4-13)17(24)21-18(28)20-14-5-6-15(16(11-14)23(25)26)22-7-9-27-10-8-22/h1-6,11H,7-10H2,(H2,20,21,24,28). The minimum atomic E-state index is -0.431. The van der Waals surface area contributed by atoms with E-state index in [0.29, 0.717) is 43.2 Å². The Labute approximate surface area is 175 Å². The summed E-state index contributed by atoms with van der Waals surface area (Å²) in [5, 5.41) is 16.9. The van der Waals surface area contributed by atoms with Crippen molar-refractivity contribution in [3.63, 3.8) is 0 Å². The number of nitrogens with zero attached hydrogens (tertiary/aromatic N) is 2. The number of rotatable bonds is 4. The van der Waals surface area contributed by atoms with Gasteiger partial charge in [0.15, 0.2) is 5.11 Å². The van der Waals surface area contributed by atoms with E-state index in [9.17, 15) is 14.9 Å². The first-order chi connectivity index (χ1) is 13.4. The minimum absolute atomic E-state index is 0.0334. The van der Waals surface area contributed by atoms with Crippen molar-refractivity contribution < 1.29 is 14.5 Å². The molecule has 146 valence electrons. The van der Waals surface area contributed by atoms with Crippen LogP contribution in [0.5, 0.6) is 0 Å². The average molecular weight is 465 g/mol. The molecule has 1 aliphatic heterocycles. The van der Waals surface area contributed by atoms with Crippen molar-refractivity contribution in [2.24, 2.45) is 0 Å². The van der Waals surface area contributed by atoms with Gasteiger partial charge in [-0.25, -0.2) is 0 Å². The third-order valence-corrected chi connectivity index (χ3v) is 4.85. The smallest absolute Gasteiger partial charge is 0.294 e. The highest BCUT2D eigenvalue weighted by atomic mass is 79.9. The van der Waals surface area contributed by atoms with Crippen molar-refractivity contribution >= 4 is 56.2 Å². The number of carbonyl (C=O) groups excluding carboxylic acids is 1. The summed E-state index contributed by atoms with van der Waals surface area (Å²) < 4.78 is 6.15. The molecule has 0 spiro atoms. The number of thiocarbonyl (C=S) groups is 1. The van der Waals surface area contributed by atoms with Crippen LogP contribution in [0.2, 0.25) is 0 Å². The van der Waals surface area contributed by atoms with Crippen LogP contribution in [0.15, 0.2) is 46.9 Å². The Bertz CT molecular complexity index is 901. The van der Waals surface area contributed by atoms with Crippen molar-refractivity contribution in [1.82, 2.24) is 5.32 Å². The second kappa shape index (κ2) is 9.09. The molecule has 1 heterocycles. The molecule has 28 heavy (non-hydrogen) atoms. The minimum Gasteiger partial charge on any atom is -0.378 e. The fourth-order valence-corrected chi connectivity index (χ4v) is 3.23. The summed E-state index contributed by atoms with van der Waals surface area (Å²) in [7, 11) is 0. The van der Waals surface area contributed by atoms with Crippen LogP contribution in [-0.4, -0.2) is 42.2 Å². The molecule has 1 amide bonds. The Morgan fingerprint density at radius 2 is 1.86 bits per heavy atom. The Kier molecular flexibility index (Phi) is 6.55. The molecule has 10 heteroatoms. The molecule has 0 radical (unpaired) electrons. The largest absolute Gasteiger partial charge is 0.378 e. The van der Waals surface area contributed by atoms with Gasteiger partial charge in [-0.15, -0.1) is 0 Å². The van der Waals surface area contributed by atoms with E-state index < -0.39 is 4.92 Å². The number of nitro groups is 1. The van der Waals surface area contributed by atoms with Crippen molar-refractivity contribution in [3.05, 3.63) is 62.6 Å². The van der Waals surface area contributed by atoms with Crippen LogP contribution in [0, 0.1) is 10.1 Å². The summed E-state index contributed by atoms with van der Waals surface area (Å²) in [4.78, 5) is 25.2. The first-order valence-electron chi connectivity index (χ1n) is 8.43. The molecule has 0 aromatic heterocycles. The molecule has 1 fully saturated rings. The second-order valence-corrected chi connectivity index (χ2v) is 7.30. The van der Waals surface area contributed by atoms with Gasteiger partial charge < -0.3 is 15.0 Å². The van der Waals surface area contributed by atoms with Crippen molar-refractivity contribution in [2.45, 2.75) is 0 Å². The van der Waals surface area contributed by atoms with E-state index in [1.54, 1.807) is 36.4 Å². The van der Waals surface area contributed by atoms with Crippen LogP contribution in [-0.2, 0) is 4.74 Å². The average Bonchev–Trinajstić information content (AvgIpc) is 2.69. The van der Waals surface area contributed by atoms with E-state index in [1.807, 2.05) is 4.90 Å². The molecular weight excluding hydrogens is 448 g/mol. The SMILES string of the molecule is O=C(NC(=S)Nc1ccc(N2CCOCC2)c([N+](=O)[O-])c1)c1ccc(Br)cc1. The van der Waals surface area contributed by atoms with Crippen LogP contribution in [0.3, 0.4) is 0 Å². The molecule has 1 aliphatic rings. The molecule has 1 saturated heterocycles. The Morgan fingerprint density at radius 1 is 1.18 bits per heavy atom. The molecule has 0 saturated carbocycles. The van der Waals surface area contributed by atoms with Crippen LogP contribution < -0.4 is 15.5 Å². The lowest BCUT2D eigenvalue weighted by atomic mass is 10.2. The molecule has 2 aromatic rings. The number of nitro benzene ring substituents is 1. The first-order valence-corrected chi connectivity index (χ1v) is 9.63. The summed E-state index contributed by atoms with van der Waals surface area (Å²) in [5.74, 6) is -0.371. The second-order valence-electron chi connectivity index (χ2n) is 5.98. The lowest BCUT2D eigenvalue weighted by Crippen LogP contribution is -2.36. The number of carbonyl (C=O) groups is 1. The molecule has 0 aliphatic carbocycles. The maximum absolute atomic E-state index is 12.2. The zero-order valence-electron chi connectivity index (χ0n) is 14.7. The maximum atomic E-state index is 12.2. The van der Waals surface area contributed by atoms with E-state index in [1.165, 1.54) is 6.07 Å². The fraction of sp³-hybridized carbons (Fsp3) is 0.222. The Hall–Kier alpha value is -2.56. The van der Waals surface area contributed by atoms with E-state index >= 15 is 0 Å². The number of nitrogens with one attached hydrogen (secondary N) is 2. The van der Waals surface area contributed by atoms with Gasteiger partial charge in [0.2, 0.25) is 0 Å². The summed E-state index contributed by atoms with van der Waals surface area (Å²) in [6, 6.07) is 11.6. The highest BCUT2D eigenvalue weighted by molar-refractivity contribution is 9.10. The van der Waals surface area contributed by atoms with Gasteiger partial charge in [0.1, 0.15) is 5.69 Å². The van der Waals surface area contributed by atoms with E-state index in [4.69, 9.17) is 17.0 Å². The molecule has 8 nitrogen and oxygen atoms in total. The number of halogens is 1. The molecular formula is C18H17BrN4O4S.